The van der Waals surface area contributed by atoms with Gasteiger partial charge in [0, 0.05) is 5.03 Å². The van der Waals surface area contributed by atoms with Crippen LogP contribution < -0.4 is 0 Å². The van der Waals surface area contributed by atoms with Crippen molar-refractivity contribution >= 4 is 11.6 Å². The van der Waals surface area contributed by atoms with Gasteiger partial charge < -0.3 is 0 Å². The third-order valence-electron chi connectivity index (χ3n) is 1.33. The Morgan fingerprint density at radius 1 is 1.44 bits per heavy atom. The van der Waals surface area contributed by atoms with Crippen LogP contribution in [0, 0.1) is 0 Å². The van der Waals surface area contributed by atoms with Crippen LogP contribution in [0.15, 0.2) is 11.1 Å². The van der Waals surface area contributed by atoms with Gasteiger partial charge in [-0.05, 0) is 19.8 Å². The van der Waals surface area contributed by atoms with Crippen molar-refractivity contribution in [2.24, 2.45) is 0 Å². The van der Waals surface area contributed by atoms with Gasteiger partial charge in [-0.3, -0.25) is 0 Å². The van der Waals surface area contributed by atoms with Crippen molar-refractivity contribution in [3.63, 3.8) is 0 Å². The lowest BCUT2D eigenvalue weighted by molar-refractivity contribution is 0.724. The smallest absolute Gasteiger partial charge is 0.0138 e. The second-order valence-corrected chi connectivity index (χ2v) is 2.68. The van der Waals surface area contributed by atoms with Gasteiger partial charge in [-0.25, -0.2) is 0 Å². The molecule has 0 atom stereocenters. The largest absolute Gasteiger partial charge is 0.0895 e. The maximum absolute atomic E-state index is 5.76. The zero-order chi connectivity index (χ0) is 7.11. The van der Waals surface area contributed by atoms with Crippen molar-refractivity contribution in [3.8, 4) is 0 Å². The number of rotatable bonds is 4. The molecule has 0 aliphatic carbocycles. The highest BCUT2D eigenvalue weighted by molar-refractivity contribution is 6.29. The molecule has 0 saturated carbocycles. The Kier molecular flexibility index (Phi) is 6.18. The summed E-state index contributed by atoms with van der Waals surface area (Å²) >= 11 is 5.76. The SMILES string of the molecule is C/C=C(\Cl)CCCCC. The Balaban J connectivity index is 3.07. The van der Waals surface area contributed by atoms with Gasteiger partial charge in [-0.15, -0.1) is 0 Å². The van der Waals surface area contributed by atoms with Crippen LogP contribution in [0.2, 0.25) is 0 Å². The van der Waals surface area contributed by atoms with E-state index in [1.54, 1.807) is 0 Å². The van der Waals surface area contributed by atoms with Crippen LogP contribution in [0.5, 0.6) is 0 Å². The van der Waals surface area contributed by atoms with E-state index in [1.807, 2.05) is 13.0 Å². The van der Waals surface area contributed by atoms with Gasteiger partial charge in [-0.1, -0.05) is 37.4 Å². The van der Waals surface area contributed by atoms with Crippen molar-refractivity contribution in [3.05, 3.63) is 11.1 Å². The summed E-state index contributed by atoms with van der Waals surface area (Å²) in [5.74, 6) is 0. The molecule has 0 heterocycles. The van der Waals surface area contributed by atoms with Crippen LogP contribution in [-0.2, 0) is 0 Å². The molecule has 0 radical (unpaired) electrons. The van der Waals surface area contributed by atoms with Crippen molar-refractivity contribution in [1.82, 2.24) is 0 Å². The molecule has 54 valence electrons. The van der Waals surface area contributed by atoms with Gasteiger partial charge in [0.2, 0.25) is 0 Å². The molecule has 0 aliphatic rings. The molecular formula is C8H15Cl. The topological polar surface area (TPSA) is 0 Å². The summed E-state index contributed by atoms with van der Waals surface area (Å²) in [6.07, 6.45) is 6.83. The van der Waals surface area contributed by atoms with E-state index in [9.17, 15) is 0 Å². The Bertz CT molecular complexity index is 84.6. The van der Waals surface area contributed by atoms with Crippen LogP contribution in [0.1, 0.15) is 39.5 Å². The van der Waals surface area contributed by atoms with Gasteiger partial charge in [0.25, 0.3) is 0 Å². The molecular weight excluding hydrogens is 132 g/mol. The number of allylic oxidation sites excluding steroid dienone is 2. The molecule has 0 aromatic rings. The average molecular weight is 147 g/mol. The van der Waals surface area contributed by atoms with E-state index in [0.29, 0.717) is 0 Å². The summed E-state index contributed by atoms with van der Waals surface area (Å²) in [6, 6.07) is 0. The van der Waals surface area contributed by atoms with Gasteiger partial charge >= 0.3 is 0 Å². The normalized spacial score (nSPS) is 12.1. The first-order valence-electron chi connectivity index (χ1n) is 3.62. The summed E-state index contributed by atoms with van der Waals surface area (Å²) in [5.41, 5.74) is 0. The standard InChI is InChI=1S/C8H15Cl/c1-3-5-6-7-8(9)4-2/h4H,3,5-7H2,1-2H3/b8-4-. The average Bonchev–Trinajstić information content (AvgIpc) is 1.89. The van der Waals surface area contributed by atoms with Gasteiger partial charge in [-0.2, -0.15) is 0 Å². The molecule has 0 aliphatic heterocycles. The van der Waals surface area contributed by atoms with E-state index in [1.165, 1.54) is 19.3 Å². The predicted molar refractivity (Wildman–Crippen MR) is 43.8 cm³/mol. The lowest BCUT2D eigenvalue weighted by Gasteiger charge is -1.94. The monoisotopic (exact) mass is 146 g/mol. The molecule has 0 amide bonds. The van der Waals surface area contributed by atoms with E-state index >= 15 is 0 Å². The fourth-order valence-electron chi connectivity index (χ4n) is 0.688. The number of hydrogen-bond acceptors (Lipinski definition) is 0. The van der Waals surface area contributed by atoms with Gasteiger partial charge in [0.05, 0.1) is 0 Å². The quantitative estimate of drug-likeness (QED) is 0.531. The molecule has 0 spiro atoms. The Hall–Kier alpha value is 0.0300. The van der Waals surface area contributed by atoms with Crippen molar-refractivity contribution < 1.29 is 0 Å². The fraction of sp³-hybridized carbons (Fsp3) is 0.750. The summed E-state index contributed by atoms with van der Waals surface area (Å²) < 4.78 is 0. The van der Waals surface area contributed by atoms with Crippen LogP contribution in [0.3, 0.4) is 0 Å². The summed E-state index contributed by atoms with van der Waals surface area (Å²) in [4.78, 5) is 0. The number of hydrogen-bond donors (Lipinski definition) is 0. The highest BCUT2D eigenvalue weighted by atomic mass is 35.5. The minimum absolute atomic E-state index is 1.00. The fourth-order valence-corrected chi connectivity index (χ4v) is 0.822. The van der Waals surface area contributed by atoms with Crippen LogP contribution >= 0.6 is 11.6 Å². The highest BCUT2D eigenvalue weighted by Gasteiger charge is 1.88. The maximum Gasteiger partial charge on any atom is 0.0138 e. The molecule has 9 heavy (non-hydrogen) atoms. The zero-order valence-corrected chi connectivity index (χ0v) is 7.04. The molecule has 0 aromatic heterocycles. The number of unbranched alkanes of at least 4 members (excludes halogenated alkanes) is 2. The third-order valence-corrected chi connectivity index (χ3v) is 1.74. The lowest BCUT2D eigenvalue weighted by Crippen LogP contribution is -1.74. The predicted octanol–water partition coefficient (Wildman–Crippen LogP) is 3.71. The molecule has 0 N–H and O–H groups in total. The van der Waals surface area contributed by atoms with E-state index in [2.05, 4.69) is 6.92 Å². The molecule has 0 saturated heterocycles. The van der Waals surface area contributed by atoms with Crippen LogP contribution in [0.25, 0.3) is 0 Å². The maximum atomic E-state index is 5.76. The van der Waals surface area contributed by atoms with Gasteiger partial charge in [0.15, 0.2) is 0 Å². The summed E-state index contributed by atoms with van der Waals surface area (Å²) in [6.45, 7) is 4.18. The molecule has 1 heteroatoms. The lowest BCUT2D eigenvalue weighted by atomic mass is 10.2. The molecule has 0 bridgehead atoms. The molecule has 0 unspecified atom stereocenters. The first-order chi connectivity index (χ1) is 4.31. The third kappa shape index (κ3) is 5.91. The Morgan fingerprint density at radius 2 is 2.11 bits per heavy atom. The first-order valence-corrected chi connectivity index (χ1v) is 3.99. The molecule has 0 nitrogen and oxygen atoms in total. The van der Waals surface area contributed by atoms with E-state index in [0.717, 1.165) is 11.5 Å². The number of halogens is 1. The highest BCUT2D eigenvalue weighted by Crippen LogP contribution is 2.11. The summed E-state index contributed by atoms with van der Waals surface area (Å²) in [5, 5.41) is 1.00. The summed E-state index contributed by atoms with van der Waals surface area (Å²) in [7, 11) is 0. The molecule has 0 rings (SSSR count). The second kappa shape index (κ2) is 6.15. The van der Waals surface area contributed by atoms with E-state index in [-0.39, 0.29) is 0 Å². The second-order valence-electron chi connectivity index (χ2n) is 2.19. The van der Waals surface area contributed by atoms with Crippen molar-refractivity contribution in [2.75, 3.05) is 0 Å². The Morgan fingerprint density at radius 3 is 2.56 bits per heavy atom. The minimum Gasteiger partial charge on any atom is -0.0895 e. The van der Waals surface area contributed by atoms with Crippen LogP contribution in [-0.4, -0.2) is 0 Å². The Labute approximate surface area is 62.9 Å². The minimum atomic E-state index is 1.00. The van der Waals surface area contributed by atoms with Gasteiger partial charge in [0.1, 0.15) is 0 Å². The first kappa shape index (κ1) is 9.03. The molecule has 0 aromatic carbocycles. The van der Waals surface area contributed by atoms with E-state index < -0.39 is 0 Å². The van der Waals surface area contributed by atoms with Crippen LogP contribution in [0.4, 0.5) is 0 Å². The van der Waals surface area contributed by atoms with Crippen molar-refractivity contribution in [1.29, 1.82) is 0 Å². The zero-order valence-electron chi connectivity index (χ0n) is 6.28. The van der Waals surface area contributed by atoms with Crippen molar-refractivity contribution in [2.45, 2.75) is 39.5 Å². The van der Waals surface area contributed by atoms with E-state index in [4.69, 9.17) is 11.6 Å². The molecule has 0 fully saturated rings.